The Bertz CT molecular complexity index is 404. The molecule has 1 N–H and O–H groups in total. The molecule has 0 fully saturated rings. The first-order valence-electron chi connectivity index (χ1n) is 6.57. The van der Waals surface area contributed by atoms with E-state index in [1.165, 1.54) is 19.2 Å². The van der Waals surface area contributed by atoms with E-state index in [1.54, 1.807) is 0 Å². The van der Waals surface area contributed by atoms with Gasteiger partial charge >= 0.3 is 0 Å². The van der Waals surface area contributed by atoms with Crippen molar-refractivity contribution < 1.29 is 13.5 Å². The number of hydrogen-bond acceptors (Lipinski definition) is 2. The van der Waals surface area contributed by atoms with E-state index in [0.29, 0.717) is 6.54 Å². The molecule has 0 radical (unpaired) electrons. The van der Waals surface area contributed by atoms with E-state index in [9.17, 15) is 8.78 Å². The fourth-order valence-corrected chi connectivity index (χ4v) is 2.08. The van der Waals surface area contributed by atoms with Crippen molar-refractivity contribution in [1.29, 1.82) is 0 Å². The number of benzene rings is 1. The van der Waals surface area contributed by atoms with Crippen LogP contribution in [0.1, 0.15) is 45.7 Å². The lowest BCUT2D eigenvalue weighted by Gasteiger charge is -2.32. The van der Waals surface area contributed by atoms with Gasteiger partial charge in [0.2, 0.25) is 0 Å². The lowest BCUT2D eigenvalue weighted by atomic mass is 9.81. The molecule has 108 valence electrons. The minimum absolute atomic E-state index is 0.0850. The van der Waals surface area contributed by atoms with Gasteiger partial charge in [0.05, 0.1) is 7.11 Å². The van der Waals surface area contributed by atoms with Crippen molar-refractivity contribution in [1.82, 2.24) is 5.32 Å². The van der Waals surface area contributed by atoms with Gasteiger partial charge in [-0.3, -0.25) is 0 Å². The summed E-state index contributed by atoms with van der Waals surface area (Å²) in [7, 11) is 1.39. The minimum Gasteiger partial charge on any atom is -0.497 e. The number of halogens is 2. The molecule has 1 rings (SSSR count). The van der Waals surface area contributed by atoms with Crippen molar-refractivity contribution in [2.45, 2.75) is 40.2 Å². The summed E-state index contributed by atoms with van der Waals surface area (Å²) in [5, 5.41) is 3.22. The van der Waals surface area contributed by atoms with E-state index in [0.717, 1.165) is 6.42 Å². The third-order valence-electron chi connectivity index (χ3n) is 3.04. The summed E-state index contributed by atoms with van der Waals surface area (Å²) in [6, 6.07) is 2.08. The molecule has 0 amide bonds. The van der Waals surface area contributed by atoms with E-state index < -0.39 is 11.6 Å². The Morgan fingerprint density at radius 3 is 2.11 bits per heavy atom. The number of nitrogens with one attached hydrogen (secondary N) is 1. The molecule has 0 aromatic heterocycles. The molecule has 0 aliphatic rings. The molecule has 2 nitrogen and oxygen atoms in total. The van der Waals surface area contributed by atoms with Gasteiger partial charge in [0.25, 0.3) is 0 Å². The van der Waals surface area contributed by atoms with E-state index in [-0.39, 0.29) is 22.8 Å². The monoisotopic (exact) mass is 271 g/mol. The predicted octanol–water partition coefficient (Wildman–Crippen LogP) is 4.06. The van der Waals surface area contributed by atoms with Gasteiger partial charge in [0, 0.05) is 23.7 Å². The van der Waals surface area contributed by atoms with Gasteiger partial charge in [-0.1, -0.05) is 27.7 Å². The van der Waals surface area contributed by atoms with Gasteiger partial charge in [-0.25, -0.2) is 8.78 Å². The summed E-state index contributed by atoms with van der Waals surface area (Å²) in [6.07, 6.45) is 0.909. The number of hydrogen-bond donors (Lipinski definition) is 1. The second-order valence-electron chi connectivity index (χ2n) is 5.76. The highest BCUT2D eigenvalue weighted by atomic mass is 19.1. The molecule has 0 bridgehead atoms. The zero-order valence-corrected chi connectivity index (χ0v) is 12.3. The summed E-state index contributed by atoms with van der Waals surface area (Å²) >= 11 is 0. The zero-order valence-electron chi connectivity index (χ0n) is 12.3. The summed E-state index contributed by atoms with van der Waals surface area (Å²) in [6.45, 7) is 8.62. The first-order chi connectivity index (χ1) is 8.81. The highest BCUT2D eigenvalue weighted by Gasteiger charge is 2.31. The van der Waals surface area contributed by atoms with Crippen molar-refractivity contribution in [2.24, 2.45) is 5.41 Å². The van der Waals surface area contributed by atoms with Gasteiger partial charge in [0.15, 0.2) is 0 Å². The van der Waals surface area contributed by atoms with Crippen LogP contribution in [-0.2, 0) is 0 Å². The average Bonchev–Trinajstić information content (AvgIpc) is 2.30. The predicted molar refractivity (Wildman–Crippen MR) is 73.4 cm³/mol. The fourth-order valence-electron chi connectivity index (χ4n) is 2.08. The highest BCUT2D eigenvalue weighted by molar-refractivity contribution is 5.33. The van der Waals surface area contributed by atoms with Gasteiger partial charge in [-0.05, 0) is 18.4 Å². The van der Waals surface area contributed by atoms with Gasteiger partial charge in [0.1, 0.15) is 17.4 Å². The summed E-state index contributed by atoms with van der Waals surface area (Å²) in [4.78, 5) is 0. The quantitative estimate of drug-likeness (QED) is 0.872. The Kier molecular flexibility index (Phi) is 5.29. The minimum atomic E-state index is -0.569. The highest BCUT2D eigenvalue weighted by Crippen LogP contribution is 2.36. The Hall–Kier alpha value is -1.16. The molecule has 4 heteroatoms. The van der Waals surface area contributed by atoms with Crippen LogP contribution in [0.15, 0.2) is 12.1 Å². The van der Waals surface area contributed by atoms with E-state index in [2.05, 4.69) is 5.32 Å². The van der Waals surface area contributed by atoms with E-state index >= 15 is 0 Å². The third-order valence-corrected chi connectivity index (χ3v) is 3.04. The van der Waals surface area contributed by atoms with Crippen LogP contribution in [-0.4, -0.2) is 13.7 Å². The first kappa shape index (κ1) is 15.9. The van der Waals surface area contributed by atoms with E-state index in [1.807, 2.05) is 27.7 Å². The molecule has 0 aliphatic heterocycles. The molecule has 0 aliphatic carbocycles. The zero-order chi connectivity index (χ0) is 14.6. The molecule has 0 saturated heterocycles. The molecule has 1 unspecified atom stereocenters. The number of rotatable bonds is 5. The maximum Gasteiger partial charge on any atom is 0.134 e. The largest absolute Gasteiger partial charge is 0.497 e. The van der Waals surface area contributed by atoms with E-state index in [4.69, 9.17) is 4.74 Å². The molecule has 1 atom stereocenters. The Morgan fingerprint density at radius 1 is 1.21 bits per heavy atom. The summed E-state index contributed by atoms with van der Waals surface area (Å²) in [5.41, 5.74) is -0.201. The van der Waals surface area contributed by atoms with Crippen molar-refractivity contribution in [3.05, 3.63) is 29.3 Å². The summed E-state index contributed by atoms with van der Waals surface area (Å²) in [5.74, 6) is -0.942. The molecule has 0 saturated carbocycles. The molecule has 19 heavy (non-hydrogen) atoms. The van der Waals surface area contributed by atoms with Crippen LogP contribution in [0.25, 0.3) is 0 Å². The van der Waals surface area contributed by atoms with Crippen LogP contribution >= 0.6 is 0 Å². The molecule has 1 aromatic carbocycles. The summed E-state index contributed by atoms with van der Waals surface area (Å²) < 4.78 is 33.2. The lowest BCUT2D eigenvalue weighted by molar-refractivity contribution is 0.259. The van der Waals surface area contributed by atoms with Crippen molar-refractivity contribution in [2.75, 3.05) is 13.7 Å². The standard InChI is InChI=1S/C15H23F2NO/c1-6-7-18-14(15(2,3)4)13-11(16)8-10(19-5)9-12(13)17/h8-9,14,18H,6-7H2,1-5H3. The van der Waals surface area contributed by atoms with Crippen molar-refractivity contribution in [3.63, 3.8) is 0 Å². The molecular weight excluding hydrogens is 248 g/mol. The number of methoxy groups -OCH3 is 1. The lowest BCUT2D eigenvalue weighted by Crippen LogP contribution is -2.34. The van der Waals surface area contributed by atoms with Crippen LogP contribution in [0.5, 0.6) is 5.75 Å². The van der Waals surface area contributed by atoms with Crippen LogP contribution in [0.4, 0.5) is 8.78 Å². The Balaban J connectivity index is 3.22. The molecule has 1 aromatic rings. The second-order valence-corrected chi connectivity index (χ2v) is 5.76. The molecular formula is C15H23F2NO. The topological polar surface area (TPSA) is 21.3 Å². The van der Waals surface area contributed by atoms with Gasteiger partial charge in [-0.2, -0.15) is 0 Å². The maximum atomic E-state index is 14.1. The first-order valence-corrected chi connectivity index (χ1v) is 6.57. The molecule has 0 spiro atoms. The van der Waals surface area contributed by atoms with Gasteiger partial charge < -0.3 is 10.1 Å². The van der Waals surface area contributed by atoms with Gasteiger partial charge in [-0.15, -0.1) is 0 Å². The van der Waals surface area contributed by atoms with Crippen LogP contribution < -0.4 is 10.1 Å². The number of ether oxygens (including phenoxy) is 1. The smallest absolute Gasteiger partial charge is 0.134 e. The Morgan fingerprint density at radius 2 is 1.74 bits per heavy atom. The van der Waals surface area contributed by atoms with Crippen molar-refractivity contribution in [3.8, 4) is 5.75 Å². The SMILES string of the molecule is CCCNC(c1c(F)cc(OC)cc1F)C(C)(C)C. The average molecular weight is 271 g/mol. The van der Waals surface area contributed by atoms with Crippen LogP contribution in [0, 0.1) is 17.0 Å². The van der Waals surface area contributed by atoms with Crippen LogP contribution in [0.2, 0.25) is 0 Å². The Labute approximate surface area is 114 Å². The van der Waals surface area contributed by atoms with Crippen LogP contribution in [0.3, 0.4) is 0 Å². The second kappa shape index (κ2) is 6.33. The fraction of sp³-hybridized carbons (Fsp3) is 0.600. The van der Waals surface area contributed by atoms with Crippen molar-refractivity contribution >= 4 is 0 Å². The maximum absolute atomic E-state index is 14.1. The third kappa shape index (κ3) is 3.90. The molecule has 0 heterocycles. The normalized spacial score (nSPS) is 13.4.